The van der Waals surface area contributed by atoms with Gasteiger partial charge < -0.3 is 4.90 Å². The summed E-state index contributed by atoms with van der Waals surface area (Å²) in [5.74, 6) is 1.01. The molecule has 12 heavy (non-hydrogen) atoms. The Balaban J connectivity index is 3.07. The maximum atomic E-state index is 4.29. The van der Waals surface area contributed by atoms with E-state index in [0.717, 1.165) is 16.8 Å². The molecule has 0 amide bonds. The molecule has 0 aliphatic heterocycles. The summed E-state index contributed by atoms with van der Waals surface area (Å²) >= 11 is 3.52. The first-order valence-corrected chi connectivity index (χ1v) is 4.78. The van der Waals surface area contributed by atoms with E-state index in [1.54, 1.807) is 0 Å². The fourth-order valence-corrected chi connectivity index (χ4v) is 1.48. The van der Waals surface area contributed by atoms with E-state index in [0.29, 0.717) is 0 Å². The van der Waals surface area contributed by atoms with Crippen molar-refractivity contribution in [2.24, 2.45) is 0 Å². The minimum absolute atomic E-state index is 0.967. The van der Waals surface area contributed by atoms with Crippen LogP contribution >= 0.6 is 15.9 Å². The molecule has 1 aromatic rings. The van der Waals surface area contributed by atoms with E-state index >= 15 is 0 Å². The predicted molar refractivity (Wildman–Crippen MR) is 55.6 cm³/mol. The molecule has 0 saturated heterocycles. The smallest absolute Gasteiger partial charge is 0.142 e. The molecular formula is C9H13BrN2. The largest absolute Gasteiger partial charge is 0.359 e. The van der Waals surface area contributed by atoms with Crippen LogP contribution in [0.5, 0.6) is 0 Å². The van der Waals surface area contributed by atoms with Gasteiger partial charge in [0, 0.05) is 19.8 Å². The van der Waals surface area contributed by atoms with Crippen LogP contribution in [0.25, 0.3) is 0 Å². The fourth-order valence-electron chi connectivity index (χ4n) is 0.942. The van der Waals surface area contributed by atoms with Crippen LogP contribution in [0.2, 0.25) is 0 Å². The number of aromatic nitrogens is 1. The maximum Gasteiger partial charge on any atom is 0.142 e. The highest BCUT2D eigenvalue weighted by atomic mass is 79.9. The molecule has 0 bridgehead atoms. The zero-order valence-electron chi connectivity index (χ0n) is 7.63. The molecule has 0 N–H and O–H groups in total. The Kier molecular flexibility index (Phi) is 3.09. The van der Waals surface area contributed by atoms with Crippen molar-refractivity contribution in [3.05, 3.63) is 22.3 Å². The number of rotatable bonds is 2. The highest BCUT2D eigenvalue weighted by molar-refractivity contribution is 9.10. The van der Waals surface area contributed by atoms with Crippen molar-refractivity contribution in [2.45, 2.75) is 13.8 Å². The lowest BCUT2D eigenvalue weighted by molar-refractivity contribution is 0.931. The minimum Gasteiger partial charge on any atom is -0.359 e. The van der Waals surface area contributed by atoms with Crippen molar-refractivity contribution in [3.63, 3.8) is 0 Å². The first-order valence-electron chi connectivity index (χ1n) is 3.99. The monoisotopic (exact) mass is 228 g/mol. The Morgan fingerprint density at radius 3 is 2.83 bits per heavy atom. The zero-order valence-corrected chi connectivity index (χ0v) is 9.22. The highest BCUT2D eigenvalue weighted by Crippen LogP contribution is 2.25. The lowest BCUT2D eigenvalue weighted by atomic mass is 10.3. The van der Waals surface area contributed by atoms with Gasteiger partial charge in [0.1, 0.15) is 5.82 Å². The maximum absolute atomic E-state index is 4.29. The van der Waals surface area contributed by atoms with E-state index in [-0.39, 0.29) is 0 Å². The van der Waals surface area contributed by atoms with Crippen molar-refractivity contribution in [2.75, 3.05) is 18.5 Å². The third kappa shape index (κ3) is 1.78. The molecule has 1 rings (SSSR count). The van der Waals surface area contributed by atoms with Gasteiger partial charge in [-0.15, -0.1) is 0 Å². The third-order valence-corrected chi connectivity index (χ3v) is 2.88. The highest BCUT2D eigenvalue weighted by Gasteiger charge is 2.06. The molecule has 0 fully saturated rings. The zero-order chi connectivity index (χ0) is 9.14. The average Bonchev–Trinajstić information content (AvgIpc) is 2.08. The second-order valence-electron chi connectivity index (χ2n) is 2.78. The SMILES string of the molecule is CCN(C)c1nccc(C)c1Br. The van der Waals surface area contributed by atoms with Crippen LogP contribution in [0.3, 0.4) is 0 Å². The predicted octanol–water partition coefficient (Wildman–Crippen LogP) is 2.61. The molecule has 0 spiro atoms. The van der Waals surface area contributed by atoms with Crippen molar-refractivity contribution < 1.29 is 0 Å². The topological polar surface area (TPSA) is 16.1 Å². The van der Waals surface area contributed by atoms with Crippen LogP contribution in [-0.4, -0.2) is 18.6 Å². The van der Waals surface area contributed by atoms with Gasteiger partial charge in [0.25, 0.3) is 0 Å². The molecule has 1 aromatic heterocycles. The molecule has 0 aliphatic rings. The lowest BCUT2D eigenvalue weighted by Gasteiger charge is -2.17. The molecule has 0 radical (unpaired) electrons. The minimum atomic E-state index is 0.967. The van der Waals surface area contributed by atoms with E-state index in [9.17, 15) is 0 Å². The van der Waals surface area contributed by atoms with Crippen molar-refractivity contribution in [1.29, 1.82) is 0 Å². The summed E-state index contributed by atoms with van der Waals surface area (Å²) in [4.78, 5) is 6.40. The van der Waals surface area contributed by atoms with Crippen LogP contribution in [0.1, 0.15) is 12.5 Å². The number of nitrogens with zero attached hydrogens (tertiary/aromatic N) is 2. The molecule has 3 heteroatoms. The van der Waals surface area contributed by atoms with E-state index in [4.69, 9.17) is 0 Å². The van der Waals surface area contributed by atoms with Crippen molar-refractivity contribution >= 4 is 21.7 Å². The standard InChI is InChI=1S/C9H13BrN2/c1-4-12(3)9-8(10)7(2)5-6-11-9/h5-6H,4H2,1-3H3. The van der Waals surface area contributed by atoms with E-state index in [1.165, 1.54) is 5.56 Å². The van der Waals surface area contributed by atoms with Gasteiger partial charge in [-0.05, 0) is 41.4 Å². The van der Waals surface area contributed by atoms with Gasteiger partial charge in [0.05, 0.1) is 4.47 Å². The lowest BCUT2D eigenvalue weighted by Crippen LogP contribution is -2.17. The number of pyridine rings is 1. The number of aryl methyl sites for hydroxylation is 1. The van der Waals surface area contributed by atoms with Gasteiger partial charge >= 0.3 is 0 Å². The van der Waals surface area contributed by atoms with Crippen molar-refractivity contribution in [1.82, 2.24) is 4.98 Å². The van der Waals surface area contributed by atoms with E-state index < -0.39 is 0 Å². The second-order valence-corrected chi connectivity index (χ2v) is 3.57. The molecule has 0 atom stereocenters. The van der Waals surface area contributed by atoms with Crippen LogP contribution in [0.4, 0.5) is 5.82 Å². The molecular weight excluding hydrogens is 216 g/mol. The average molecular weight is 229 g/mol. The Morgan fingerprint density at radius 2 is 2.25 bits per heavy atom. The Morgan fingerprint density at radius 1 is 1.58 bits per heavy atom. The Labute approximate surface area is 81.7 Å². The number of hydrogen-bond acceptors (Lipinski definition) is 2. The van der Waals surface area contributed by atoms with Gasteiger partial charge in [-0.25, -0.2) is 4.98 Å². The molecule has 0 unspecified atom stereocenters. The van der Waals surface area contributed by atoms with Gasteiger partial charge in [0.2, 0.25) is 0 Å². The summed E-state index contributed by atoms with van der Waals surface area (Å²) in [5.41, 5.74) is 1.22. The van der Waals surface area contributed by atoms with Crippen LogP contribution in [-0.2, 0) is 0 Å². The van der Waals surface area contributed by atoms with E-state index in [2.05, 4.69) is 39.7 Å². The molecule has 0 aliphatic carbocycles. The molecule has 2 nitrogen and oxygen atoms in total. The van der Waals surface area contributed by atoms with Crippen LogP contribution in [0.15, 0.2) is 16.7 Å². The molecule has 66 valence electrons. The van der Waals surface area contributed by atoms with Gasteiger partial charge in [0.15, 0.2) is 0 Å². The van der Waals surface area contributed by atoms with Crippen LogP contribution in [0, 0.1) is 6.92 Å². The second kappa shape index (κ2) is 3.90. The number of anilines is 1. The summed E-state index contributed by atoms with van der Waals surface area (Å²) in [7, 11) is 2.03. The summed E-state index contributed by atoms with van der Waals surface area (Å²) in [6.07, 6.45) is 1.83. The first kappa shape index (κ1) is 9.52. The van der Waals surface area contributed by atoms with Crippen LogP contribution < -0.4 is 4.90 Å². The normalized spacial score (nSPS) is 10.0. The summed E-state index contributed by atoms with van der Waals surface area (Å²) in [6, 6.07) is 2.00. The summed E-state index contributed by atoms with van der Waals surface area (Å²) in [5, 5.41) is 0. The quantitative estimate of drug-likeness (QED) is 0.774. The Bertz CT molecular complexity index is 273. The van der Waals surface area contributed by atoms with Gasteiger partial charge in [-0.3, -0.25) is 0 Å². The molecule has 0 saturated carbocycles. The molecule has 1 heterocycles. The van der Waals surface area contributed by atoms with E-state index in [1.807, 2.05) is 19.3 Å². The fraction of sp³-hybridized carbons (Fsp3) is 0.444. The van der Waals surface area contributed by atoms with Gasteiger partial charge in [-0.1, -0.05) is 0 Å². The summed E-state index contributed by atoms with van der Waals surface area (Å²) < 4.78 is 1.09. The number of halogens is 1. The molecule has 0 aromatic carbocycles. The van der Waals surface area contributed by atoms with Gasteiger partial charge in [-0.2, -0.15) is 0 Å². The third-order valence-electron chi connectivity index (χ3n) is 1.90. The van der Waals surface area contributed by atoms with Crippen molar-refractivity contribution in [3.8, 4) is 0 Å². The first-order chi connectivity index (χ1) is 5.66. The number of hydrogen-bond donors (Lipinski definition) is 0. The summed E-state index contributed by atoms with van der Waals surface area (Å²) in [6.45, 7) is 5.14. The Hall–Kier alpha value is -0.570.